The number of nitrogens with one attached hydrogen (secondary N) is 1. The van der Waals surface area contributed by atoms with Gasteiger partial charge in [0.15, 0.2) is 11.6 Å². The van der Waals surface area contributed by atoms with Crippen LogP contribution < -0.4 is 14.8 Å². The predicted octanol–water partition coefficient (Wildman–Crippen LogP) is 4.36. The van der Waals surface area contributed by atoms with Crippen molar-refractivity contribution in [1.82, 2.24) is 10.3 Å². The normalized spacial score (nSPS) is 10.5. The first kappa shape index (κ1) is 21.3. The first-order chi connectivity index (χ1) is 14.7. The number of benzene rings is 2. The summed E-state index contributed by atoms with van der Waals surface area (Å²) in [4.78, 5) is 16.5. The second-order valence-corrected chi connectivity index (χ2v) is 6.28. The number of carbonyl (C=O) groups is 1. The SMILES string of the molecule is CCOCCOc1ccccc1C(=O)NCc1ccc(Oc2cccnc2)c(F)c1. The molecule has 0 atom stereocenters. The Kier molecular flexibility index (Phi) is 7.74. The summed E-state index contributed by atoms with van der Waals surface area (Å²) in [5, 5.41) is 2.79. The van der Waals surface area contributed by atoms with Crippen molar-refractivity contribution >= 4 is 5.91 Å². The molecule has 0 fully saturated rings. The van der Waals surface area contributed by atoms with Crippen LogP contribution in [0.2, 0.25) is 0 Å². The molecule has 1 amide bonds. The maximum atomic E-state index is 14.4. The van der Waals surface area contributed by atoms with Gasteiger partial charge in [-0.1, -0.05) is 18.2 Å². The van der Waals surface area contributed by atoms with Crippen molar-refractivity contribution in [2.45, 2.75) is 13.5 Å². The molecule has 3 aromatic rings. The highest BCUT2D eigenvalue weighted by molar-refractivity contribution is 5.96. The minimum Gasteiger partial charge on any atom is -0.490 e. The third kappa shape index (κ3) is 6.02. The first-order valence-electron chi connectivity index (χ1n) is 9.61. The highest BCUT2D eigenvalue weighted by Crippen LogP contribution is 2.24. The molecule has 0 radical (unpaired) electrons. The van der Waals surface area contributed by atoms with Crippen molar-refractivity contribution in [3.05, 3.63) is 83.9 Å². The van der Waals surface area contributed by atoms with Crippen LogP contribution >= 0.6 is 0 Å². The Labute approximate surface area is 174 Å². The monoisotopic (exact) mass is 410 g/mol. The van der Waals surface area contributed by atoms with Crippen molar-refractivity contribution in [3.63, 3.8) is 0 Å². The molecule has 3 rings (SSSR count). The smallest absolute Gasteiger partial charge is 0.255 e. The number of aromatic nitrogens is 1. The van der Waals surface area contributed by atoms with Gasteiger partial charge in [-0.2, -0.15) is 0 Å². The summed E-state index contributed by atoms with van der Waals surface area (Å²) in [6.45, 7) is 3.47. The fourth-order valence-electron chi connectivity index (χ4n) is 2.68. The average Bonchev–Trinajstić information content (AvgIpc) is 2.78. The molecule has 1 heterocycles. The Balaban J connectivity index is 1.59. The van der Waals surface area contributed by atoms with Gasteiger partial charge >= 0.3 is 0 Å². The zero-order chi connectivity index (χ0) is 21.2. The summed E-state index contributed by atoms with van der Waals surface area (Å²) < 4.78 is 30.7. The van der Waals surface area contributed by atoms with Crippen LogP contribution in [-0.2, 0) is 11.3 Å². The molecule has 7 heteroatoms. The number of ether oxygens (including phenoxy) is 3. The Hall–Kier alpha value is -3.45. The molecule has 0 saturated carbocycles. The zero-order valence-corrected chi connectivity index (χ0v) is 16.6. The minimum atomic E-state index is -0.523. The van der Waals surface area contributed by atoms with E-state index >= 15 is 0 Å². The lowest BCUT2D eigenvalue weighted by Crippen LogP contribution is -2.23. The van der Waals surface area contributed by atoms with Crippen LogP contribution in [0.5, 0.6) is 17.2 Å². The van der Waals surface area contributed by atoms with Crippen molar-refractivity contribution in [2.24, 2.45) is 0 Å². The van der Waals surface area contributed by atoms with Gasteiger partial charge < -0.3 is 19.5 Å². The van der Waals surface area contributed by atoms with Gasteiger partial charge in [0.2, 0.25) is 0 Å². The molecule has 156 valence electrons. The quantitative estimate of drug-likeness (QED) is 0.503. The van der Waals surface area contributed by atoms with Gasteiger partial charge in [0.1, 0.15) is 18.1 Å². The second-order valence-electron chi connectivity index (χ2n) is 6.28. The molecular formula is C23H23FN2O4. The number of hydrogen-bond donors (Lipinski definition) is 1. The van der Waals surface area contributed by atoms with Gasteiger partial charge in [0.25, 0.3) is 5.91 Å². The molecule has 0 aliphatic carbocycles. The van der Waals surface area contributed by atoms with Crippen molar-refractivity contribution in [2.75, 3.05) is 19.8 Å². The van der Waals surface area contributed by atoms with E-state index in [9.17, 15) is 9.18 Å². The van der Waals surface area contributed by atoms with E-state index in [1.54, 1.807) is 48.7 Å². The number of hydrogen-bond acceptors (Lipinski definition) is 5. The van der Waals surface area contributed by atoms with Gasteiger partial charge in [-0.3, -0.25) is 9.78 Å². The molecule has 0 saturated heterocycles. The lowest BCUT2D eigenvalue weighted by atomic mass is 10.1. The third-order valence-electron chi connectivity index (χ3n) is 4.13. The molecule has 1 aromatic heterocycles. The Morgan fingerprint density at radius 1 is 1.07 bits per heavy atom. The molecule has 1 N–H and O–H groups in total. The van der Waals surface area contributed by atoms with E-state index in [2.05, 4.69) is 10.3 Å². The number of rotatable bonds is 10. The standard InChI is InChI=1S/C23H23FN2O4/c1-2-28-12-13-29-21-8-4-3-7-19(21)23(27)26-15-17-9-10-22(20(24)14-17)30-18-6-5-11-25-16-18/h3-11,14,16H,2,12-13,15H2,1H3,(H,26,27). The third-order valence-corrected chi connectivity index (χ3v) is 4.13. The van der Waals surface area contributed by atoms with E-state index in [-0.39, 0.29) is 18.2 Å². The molecule has 0 bridgehead atoms. The van der Waals surface area contributed by atoms with Crippen LogP contribution in [-0.4, -0.2) is 30.7 Å². The van der Waals surface area contributed by atoms with E-state index < -0.39 is 5.82 Å². The van der Waals surface area contributed by atoms with Crippen molar-refractivity contribution in [3.8, 4) is 17.2 Å². The number of carbonyl (C=O) groups excluding carboxylic acids is 1. The van der Waals surface area contributed by atoms with Crippen LogP contribution in [0.3, 0.4) is 0 Å². The number of pyridine rings is 1. The lowest BCUT2D eigenvalue weighted by molar-refractivity contribution is 0.0934. The molecule has 30 heavy (non-hydrogen) atoms. The molecule has 6 nitrogen and oxygen atoms in total. The maximum absolute atomic E-state index is 14.4. The molecule has 0 aliphatic heterocycles. The fraction of sp³-hybridized carbons (Fsp3) is 0.217. The van der Waals surface area contributed by atoms with E-state index in [1.807, 2.05) is 6.92 Å². The van der Waals surface area contributed by atoms with Crippen LogP contribution in [0, 0.1) is 5.82 Å². The second kappa shape index (κ2) is 10.9. The van der Waals surface area contributed by atoms with Crippen molar-refractivity contribution in [1.29, 1.82) is 0 Å². The lowest BCUT2D eigenvalue weighted by Gasteiger charge is -2.12. The summed E-state index contributed by atoms with van der Waals surface area (Å²) in [6.07, 6.45) is 3.11. The predicted molar refractivity (Wildman–Crippen MR) is 110 cm³/mol. The van der Waals surface area contributed by atoms with Gasteiger partial charge in [-0.15, -0.1) is 0 Å². The molecule has 0 aliphatic rings. The molecule has 0 spiro atoms. The number of para-hydroxylation sites is 1. The summed E-state index contributed by atoms with van der Waals surface area (Å²) in [5.41, 5.74) is 1.01. The van der Waals surface area contributed by atoms with E-state index in [4.69, 9.17) is 14.2 Å². The van der Waals surface area contributed by atoms with E-state index in [0.29, 0.717) is 42.4 Å². The summed E-state index contributed by atoms with van der Waals surface area (Å²) in [6, 6.07) is 14.9. The van der Waals surface area contributed by atoms with Gasteiger partial charge in [0, 0.05) is 19.3 Å². The first-order valence-corrected chi connectivity index (χ1v) is 9.61. The largest absolute Gasteiger partial charge is 0.490 e. The maximum Gasteiger partial charge on any atom is 0.255 e. The molecular weight excluding hydrogens is 387 g/mol. The summed E-state index contributed by atoms with van der Waals surface area (Å²) in [7, 11) is 0. The van der Waals surface area contributed by atoms with Gasteiger partial charge in [0.05, 0.1) is 18.4 Å². The van der Waals surface area contributed by atoms with Gasteiger partial charge in [-0.25, -0.2) is 4.39 Å². The average molecular weight is 410 g/mol. The zero-order valence-electron chi connectivity index (χ0n) is 16.6. The topological polar surface area (TPSA) is 69.7 Å². The molecule has 0 unspecified atom stereocenters. The Morgan fingerprint density at radius 3 is 2.70 bits per heavy atom. The van der Waals surface area contributed by atoms with Crippen molar-refractivity contribution < 1.29 is 23.4 Å². The number of amides is 1. The van der Waals surface area contributed by atoms with Gasteiger partial charge in [-0.05, 0) is 48.9 Å². The fourth-order valence-corrected chi connectivity index (χ4v) is 2.68. The molecule has 2 aromatic carbocycles. The van der Waals surface area contributed by atoms with E-state index in [0.717, 1.165) is 0 Å². The van der Waals surface area contributed by atoms with E-state index in [1.165, 1.54) is 18.3 Å². The Bertz CT molecular complexity index is 966. The minimum absolute atomic E-state index is 0.0890. The highest BCUT2D eigenvalue weighted by Gasteiger charge is 2.13. The summed E-state index contributed by atoms with van der Waals surface area (Å²) in [5.74, 6) is 0.175. The van der Waals surface area contributed by atoms with Crippen LogP contribution in [0.1, 0.15) is 22.8 Å². The summed E-state index contributed by atoms with van der Waals surface area (Å²) >= 11 is 0. The van der Waals surface area contributed by atoms with Crippen LogP contribution in [0.4, 0.5) is 4.39 Å². The Morgan fingerprint density at radius 2 is 1.93 bits per heavy atom. The highest BCUT2D eigenvalue weighted by atomic mass is 19.1. The number of halogens is 1. The van der Waals surface area contributed by atoms with Crippen LogP contribution in [0.15, 0.2) is 67.0 Å². The van der Waals surface area contributed by atoms with Crippen LogP contribution in [0.25, 0.3) is 0 Å². The number of nitrogens with zero attached hydrogens (tertiary/aromatic N) is 1.